The molecule has 0 saturated carbocycles. The first-order valence-corrected chi connectivity index (χ1v) is 9.67. The topological polar surface area (TPSA) is 68.0 Å². The Bertz CT molecular complexity index is 719. The quantitative estimate of drug-likeness (QED) is 0.756. The molecule has 0 aliphatic rings. The first-order chi connectivity index (χ1) is 11.8. The van der Waals surface area contributed by atoms with Gasteiger partial charge in [0.15, 0.2) is 5.13 Å². The molecular weight excluding hydrogens is 371 g/mol. The first-order valence-electron chi connectivity index (χ1n) is 7.46. The molecule has 0 unspecified atom stereocenters. The van der Waals surface area contributed by atoms with Crippen LogP contribution < -0.4 is 11.1 Å². The lowest BCUT2D eigenvalue weighted by Gasteiger charge is -2.09. The molecule has 1 heterocycles. The maximum absolute atomic E-state index is 12.7. The Morgan fingerprint density at radius 1 is 1.44 bits per heavy atom. The van der Waals surface area contributed by atoms with Gasteiger partial charge in [-0.15, -0.1) is 11.3 Å². The Hall–Kier alpha value is -1.58. The number of thioether (sulfide) groups is 1. The maximum Gasteiger partial charge on any atom is 0.416 e. The van der Waals surface area contributed by atoms with Crippen molar-refractivity contribution >= 4 is 34.1 Å². The highest BCUT2D eigenvalue weighted by Crippen LogP contribution is 2.30. The molecule has 2 rings (SSSR count). The fraction of sp³-hybridized carbons (Fsp3) is 0.375. The molecule has 1 atom stereocenters. The van der Waals surface area contributed by atoms with E-state index in [1.807, 2.05) is 6.26 Å². The first kappa shape index (κ1) is 19.7. The van der Waals surface area contributed by atoms with Crippen LogP contribution in [0.2, 0.25) is 0 Å². The van der Waals surface area contributed by atoms with Gasteiger partial charge in [-0.3, -0.25) is 4.79 Å². The highest BCUT2D eigenvalue weighted by molar-refractivity contribution is 7.98. The molecule has 1 aromatic carbocycles. The molecule has 136 valence electrons. The van der Waals surface area contributed by atoms with Crippen molar-refractivity contribution < 1.29 is 18.0 Å². The predicted molar refractivity (Wildman–Crippen MR) is 96.0 cm³/mol. The zero-order valence-corrected chi connectivity index (χ0v) is 15.1. The highest BCUT2D eigenvalue weighted by atomic mass is 32.2. The summed E-state index contributed by atoms with van der Waals surface area (Å²) < 4.78 is 38.2. The number of anilines is 1. The number of rotatable bonds is 7. The van der Waals surface area contributed by atoms with Crippen molar-refractivity contribution in [2.24, 2.45) is 5.73 Å². The second-order valence-electron chi connectivity index (χ2n) is 5.38. The number of nitrogens with zero attached hydrogens (tertiary/aromatic N) is 1. The summed E-state index contributed by atoms with van der Waals surface area (Å²) in [5, 5.41) is 3.04. The SMILES string of the molecule is CSCC[C@H](N)C(=O)Nc1ncc(Cc2cccc(C(F)(F)F)c2)s1. The van der Waals surface area contributed by atoms with Crippen LogP contribution in [0.5, 0.6) is 0 Å². The van der Waals surface area contributed by atoms with Gasteiger partial charge >= 0.3 is 6.18 Å². The maximum atomic E-state index is 12.7. The molecule has 9 heteroatoms. The van der Waals surface area contributed by atoms with Gasteiger partial charge in [0.25, 0.3) is 0 Å². The van der Waals surface area contributed by atoms with Gasteiger partial charge in [0.05, 0.1) is 11.6 Å². The predicted octanol–water partition coefficient (Wildman–Crippen LogP) is 3.77. The van der Waals surface area contributed by atoms with Crippen LogP contribution in [0.15, 0.2) is 30.5 Å². The number of thiazole rings is 1. The normalized spacial score (nSPS) is 12.8. The average molecular weight is 389 g/mol. The van der Waals surface area contributed by atoms with Crippen molar-refractivity contribution in [3.05, 3.63) is 46.5 Å². The molecule has 0 fully saturated rings. The summed E-state index contributed by atoms with van der Waals surface area (Å²) in [6, 6.07) is 4.56. The van der Waals surface area contributed by atoms with Crippen molar-refractivity contribution in [1.29, 1.82) is 0 Å². The highest BCUT2D eigenvalue weighted by Gasteiger charge is 2.30. The third-order valence-corrected chi connectivity index (χ3v) is 4.94. The number of benzene rings is 1. The van der Waals surface area contributed by atoms with Crippen LogP contribution in [0.25, 0.3) is 0 Å². The zero-order valence-electron chi connectivity index (χ0n) is 13.5. The Kier molecular flexibility index (Phi) is 6.86. The number of carbonyl (C=O) groups is 1. The molecule has 0 radical (unpaired) electrons. The molecule has 2 aromatic rings. The van der Waals surface area contributed by atoms with E-state index in [2.05, 4.69) is 10.3 Å². The van der Waals surface area contributed by atoms with Crippen molar-refractivity contribution in [2.75, 3.05) is 17.3 Å². The molecule has 0 aliphatic carbocycles. The van der Waals surface area contributed by atoms with Gasteiger partial charge in [-0.05, 0) is 30.1 Å². The van der Waals surface area contributed by atoms with E-state index in [4.69, 9.17) is 5.73 Å². The number of nitrogens with two attached hydrogens (primary N) is 1. The smallest absolute Gasteiger partial charge is 0.320 e. The van der Waals surface area contributed by atoms with E-state index in [0.29, 0.717) is 23.5 Å². The van der Waals surface area contributed by atoms with Crippen LogP contribution >= 0.6 is 23.1 Å². The Labute approximate surface area is 152 Å². The van der Waals surface area contributed by atoms with Crippen LogP contribution in [-0.4, -0.2) is 28.9 Å². The summed E-state index contributed by atoms with van der Waals surface area (Å²) in [5.41, 5.74) is 5.64. The Morgan fingerprint density at radius 2 is 2.20 bits per heavy atom. The number of nitrogens with one attached hydrogen (secondary N) is 1. The monoisotopic (exact) mass is 389 g/mol. The Balaban J connectivity index is 1.99. The van der Waals surface area contributed by atoms with E-state index < -0.39 is 17.8 Å². The molecule has 0 bridgehead atoms. The van der Waals surface area contributed by atoms with E-state index in [1.54, 1.807) is 24.0 Å². The molecule has 0 aliphatic heterocycles. The molecule has 0 saturated heterocycles. The van der Waals surface area contributed by atoms with Crippen LogP contribution in [0.3, 0.4) is 0 Å². The van der Waals surface area contributed by atoms with Crippen LogP contribution in [0, 0.1) is 0 Å². The van der Waals surface area contributed by atoms with Gasteiger partial charge in [-0.1, -0.05) is 18.2 Å². The second kappa shape index (κ2) is 8.68. The van der Waals surface area contributed by atoms with Gasteiger partial charge in [0.1, 0.15) is 0 Å². The summed E-state index contributed by atoms with van der Waals surface area (Å²) >= 11 is 2.83. The number of alkyl halides is 3. The fourth-order valence-corrected chi connectivity index (χ4v) is 3.42. The summed E-state index contributed by atoms with van der Waals surface area (Å²) in [7, 11) is 0. The second-order valence-corrected chi connectivity index (χ2v) is 7.48. The van der Waals surface area contributed by atoms with E-state index in [-0.39, 0.29) is 5.91 Å². The van der Waals surface area contributed by atoms with Crippen molar-refractivity contribution in [3.63, 3.8) is 0 Å². The third-order valence-electron chi connectivity index (χ3n) is 3.39. The van der Waals surface area contributed by atoms with Gasteiger partial charge in [0, 0.05) is 17.5 Å². The average Bonchev–Trinajstić information content (AvgIpc) is 2.98. The van der Waals surface area contributed by atoms with Crippen molar-refractivity contribution in [1.82, 2.24) is 4.98 Å². The minimum atomic E-state index is -4.37. The molecular formula is C16H18F3N3OS2. The lowest BCUT2D eigenvalue weighted by atomic mass is 10.1. The Morgan fingerprint density at radius 3 is 2.88 bits per heavy atom. The van der Waals surface area contributed by atoms with E-state index in [0.717, 1.165) is 22.8 Å². The largest absolute Gasteiger partial charge is 0.416 e. The van der Waals surface area contributed by atoms with Crippen LogP contribution in [-0.2, 0) is 17.4 Å². The molecule has 0 spiro atoms. The summed E-state index contributed by atoms with van der Waals surface area (Å²) in [6.07, 6.45) is 0.000673. The standard InChI is InChI=1S/C16H18F3N3OS2/c1-24-6-5-13(20)14(23)22-15-21-9-12(25-15)8-10-3-2-4-11(7-10)16(17,18)19/h2-4,7,9,13H,5-6,8,20H2,1H3,(H,21,22,23)/t13-/m0/s1. The lowest BCUT2D eigenvalue weighted by Crippen LogP contribution is -2.36. The van der Waals surface area contributed by atoms with Gasteiger partial charge in [-0.2, -0.15) is 24.9 Å². The third kappa shape index (κ3) is 6.02. The number of carbonyl (C=O) groups excluding carboxylic acids is 1. The zero-order chi connectivity index (χ0) is 18.4. The number of halogens is 3. The van der Waals surface area contributed by atoms with E-state index in [9.17, 15) is 18.0 Å². The fourth-order valence-electron chi connectivity index (χ4n) is 2.08. The van der Waals surface area contributed by atoms with Crippen molar-refractivity contribution in [2.45, 2.75) is 25.1 Å². The summed E-state index contributed by atoms with van der Waals surface area (Å²) in [4.78, 5) is 16.8. The molecule has 25 heavy (non-hydrogen) atoms. The minimum absolute atomic E-state index is 0.311. The van der Waals surface area contributed by atoms with Gasteiger partial charge < -0.3 is 11.1 Å². The molecule has 3 N–H and O–H groups in total. The minimum Gasteiger partial charge on any atom is -0.320 e. The molecule has 4 nitrogen and oxygen atoms in total. The van der Waals surface area contributed by atoms with Crippen LogP contribution in [0.1, 0.15) is 22.4 Å². The van der Waals surface area contributed by atoms with Crippen molar-refractivity contribution in [3.8, 4) is 0 Å². The summed E-state index contributed by atoms with van der Waals surface area (Å²) in [6.45, 7) is 0. The molecule has 1 aromatic heterocycles. The van der Waals surface area contributed by atoms with Gasteiger partial charge in [0.2, 0.25) is 5.91 Å². The summed E-state index contributed by atoms with van der Waals surface area (Å²) in [5.74, 6) is 0.474. The van der Waals surface area contributed by atoms with E-state index >= 15 is 0 Å². The number of hydrogen-bond acceptors (Lipinski definition) is 5. The van der Waals surface area contributed by atoms with Gasteiger partial charge in [-0.25, -0.2) is 4.98 Å². The number of aromatic nitrogens is 1. The molecule has 1 amide bonds. The lowest BCUT2D eigenvalue weighted by molar-refractivity contribution is -0.137. The number of amides is 1. The van der Waals surface area contributed by atoms with E-state index in [1.165, 1.54) is 17.4 Å². The van der Waals surface area contributed by atoms with Crippen LogP contribution in [0.4, 0.5) is 18.3 Å². The number of hydrogen-bond donors (Lipinski definition) is 2.